The van der Waals surface area contributed by atoms with E-state index in [0.29, 0.717) is 27.5 Å². The van der Waals surface area contributed by atoms with Crippen LogP contribution in [0.2, 0.25) is 0 Å². The van der Waals surface area contributed by atoms with E-state index in [4.69, 9.17) is 14.2 Å². The maximum absolute atomic E-state index is 12.1. The van der Waals surface area contributed by atoms with Crippen LogP contribution in [0.5, 0.6) is 17.2 Å². The molecule has 1 N–H and O–H groups in total. The van der Waals surface area contributed by atoms with Gasteiger partial charge in [-0.15, -0.1) is 0 Å². The quantitative estimate of drug-likeness (QED) is 0.640. The average Bonchev–Trinajstić information content (AvgIpc) is 2.59. The lowest BCUT2D eigenvalue weighted by Crippen LogP contribution is -2.27. The number of nitrogens with one attached hydrogen (secondary N) is 1. The molecule has 0 atom stereocenters. The van der Waals surface area contributed by atoms with E-state index in [-0.39, 0.29) is 12.5 Å². The van der Waals surface area contributed by atoms with Crippen LogP contribution in [0.4, 0.5) is 0 Å². The van der Waals surface area contributed by atoms with Gasteiger partial charge in [-0.1, -0.05) is 0 Å². The lowest BCUT2D eigenvalue weighted by Gasteiger charge is -2.14. The minimum atomic E-state index is -0.278. The second kappa shape index (κ2) is 7.35. The first kappa shape index (κ1) is 16.4. The second-order valence-electron chi connectivity index (χ2n) is 4.66. The first-order valence-corrected chi connectivity index (χ1v) is 6.85. The van der Waals surface area contributed by atoms with Gasteiger partial charge >= 0.3 is 0 Å². The number of hydrogen-bond acceptors (Lipinski definition) is 5. The number of ether oxygens (including phenoxy) is 3. The van der Waals surface area contributed by atoms with Crippen LogP contribution in [0.15, 0.2) is 36.7 Å². The molecule has 1 aromatic heterocycles. The summed E-state index contributed by atoms with van der Waals surface area (Å²) < 4.78 is 16.4. The third kappa shape index (κ3) is 3.82. The molecular weight excluding hydrogens is 300 g/mol. The number of carbonyl (C=O) groups is 1. The van der Waals surface area contributed by atoms with Crippen molar-refractivity contribution in [3.63, 3.8) is 0 Å². The number of hydrogen-bond donors (Lipinski definition) is 1. The van der Waals surface area contributed by atoms with E-state index < -0.39 is 0 Å². The van der Waals surface area contributed by atoms with Gasteiger partial charge in [0.1, 0.15) is 0 Å². The first-order chi connectivity index (χ1) is 11.1. The normalized spacial score (nSPS) is 10.0. The Bertz CT molecular complexity index is 660. The number of amides is 1. The summed E-state index contributed by atoms with van der Waals surface area (Å²) in [7, 11) is 4.59. The van der Waals surface area contributed by atoms with Crippen LogP contribution in [-0.2, 0) is 6.54 Å². The first-order valence-electron chi connectivity index (χ1n) is 6.85. The van der Waals surface area contributed by atoms with Crippen molar-refractivity contribution in [3.8, 4) is 17.2 Å². The minimum Gasteiger partial charge on any atom is -0.619 e. The number of methoxy groups -OCH3 is 3. The highest BCUT2D eigenvalue weighted by molar-refractivity contribution is 5.93. The highest BCUT2D eigenvalue weighted by atomic mass is 16.5. The molecule has 0 fully saturated rings. The van der Waals surface area contributed by atoms with Crippen LogP contribution in [-0.4, -0.2) is 27.2 Å². The third-order valence-corrected chi connectivity index (χ3v) is 3.24. The lowest BCUT2D eigenvalue weighted by molar-refractivity contribution is -0.605. The Hall–Kier alpha value is -2.96. The highest BCUT2D eigenvalue weighted by Gasteiger charge is 2.14. The molecule has 0 aliphatic carbocycles. The van der Waals surface area contributed by atoms with E-state index in [9.17, 15) is 10.0 Å². The molecule has 0 saturated carbocycles. The molecule has 0 aliphatic rings. The zero-order valence-electron chi connectivity index (χ0n) is 13.2. The maximum Gasteiger partial charge on any atom is 0.252 e. The summed E-state index contributed by atoms with van der Waals surface area (Å²) in [5, 5.41) is 13.7. The van der Waals surface area contributed by atoms with Crippen molar-refractivity contribution in [2.45, 2.75) is 6.54 Å². The molecule has 0 radical (unpaired) electrons. The predicted molar refractivity (Wildman–Crippen MR) is 82.7 cm³/mol. The Morgan fingerprint density at radius 2 is 1.65 bits per heavy atom. The van der Waals surface area contributed by atoms with Crippen molar-refractivity contribution in [2.24, 2.45) is 0 Å². The largest absolute Gasteiger partial charge is 0.619 e. The fourth-order valence-corrected chi connectivity index (χ4v) is 2.09. The van der Waals surface area contributed by atoms with Gasteiger partial charge in [0.2, 0.25) is 5.75 Å². The van der Waals surface area contributed by atoms with Gasteiger partial charge in [0.05, 0.1) is 26.9 Å². The highest BCUT2D eigenvalue weighted by Crippen LogP contribution is 2.38. The van der Waals surface area contributed by atoms with Gasteiger partial charge in [0.25, 0.3) is 5.91 Å². The summed E-state index contributed by atoms with van der Waals surface area (Å²) in [6, 6.07) is 6.44. The predicted octanol–water partition coefficient (Wildman–Crippen LogP) is 1.28. The van der Waals surface area contributed by atoms with Gasteiger partial charge in [-0.25, -0.2) is 0 Å². The average molecular weight is 318 g/mol. The Kier molecular flexibility index (Phi) is 5.24. The molecule has 2 aromatic rings. The minimum absolute atomic E-state index is 0.278. The summed E-state index contributed by atoms with van der Waals surface area (Å²) >= 11 is 0. The van der Waals surface area contributed by atoms with Crippen molar-refractivity contribution >= 4 is 5.91 Å². The number of aromatic nitrogens is 1. The third-order valence-electron chi connectivity index (χ3n) is 3.24. The van der Waals surface area contributed by atoms with E-state index >= 15 is 0 Å². The summed E-state index contributed by atoms with van der Waals surface area (Å²) in [5.41, 5.74) is 1.20. The molecule has 0 bridgehead atoms. The standard InChI is InChI=1S/C16H18N2O5/c1-21-13-8-11(9-14(22-2)15(13)23-3)10-17-16(19)12-4-6-18(20)7-5-12/h4-9H,10H2,1-3H3,(H,17,19). The molecule has 1 aromatic carbocycles. The Morgan fingerprint density at radius 3 is 2.13 bits per heavy atom. The van der Waals surface area contributed by atoms with Crippen molar-refractivity contribution in [1.29, 1.82) is 0 Å². The van der Waals surface area contributed by atoms with Gasteiger partial charge in [-0.2, -0.15) is 4.73 Å². The van der Waals surface area contributed by atoms with Crippen LogP contribution >= 0.6 is 0 Å². The molecule has 1 amide bonds. The van der Waals surface area contributed by atoms with Crippen LogP contribution in [0.3, 0.4) is 0 Å². The molecular formula is C16H18N2O5. The number of benzene rings is 1. The van der Waals surface area contributed by atoms with Gasteiger partial charge in [0, 0.05) is 18.7 Å². The molecule has 0 spiro atoms. The summed E-state index contributed by atoms with van der Waals surface area (Å²) in [6.07, 6.45) is 2.54. The van der Waals surface area contributed by atoms with E-state index in [1.165, 1.54) is 45.9 Å². The van der Waals surface area contributed by atoms with Gasteiger partial charge in [-0.3, -0.25) is 4.79 Å². The van der Waals surface area contributed by atoms with E-state index in [1.54, 1.807) is 12.1 Å². The summed E-state index contributed by atoms with van der Waals surface area (Å²) in [6.45, 7) is 0.280. The molecule has 122 valence electrons. The molecule has 7 heteroatoms. The number of rotatable bonds is 6. The monoisotopic (exact) mass is 318 g/mol. The second-order valence-corrected chi connectivity index (χ2v) is 4.66. The summed E-state index contributed by atoms with van der Waals surface area (Å²) in [4.78, 5) is 12.1. The summed E-state index contributed by atoms with van der Waals surface area (Å²) in [5.74, 6) is 1.25. The molecule has 0 aliphatic heterocycles. The molecule has 7 nitrogen and oxygen atoms in total. The molecule has 0 saturated heterocycles. The number of carbonyl (C=O) groups excluding carboxylic acids is 1. The SMILES string of the molecule is COc1cc(CNC(=O)c2cc[n+]([O-])cc2)cc(OC)c1OC. The van der Waals surface area contributed by atoms with Gasteiger partial charge in [-0.05, 0) is 17.7 Å². The van der Waals surface area contributed by atoms with Crippen molar-refractivity contribution in [3.05, 3.63) is 53.0 Å². The van der Waals surface area contributed by atoms with Crippen molar-refractivity contribution in [2.75, 3.05) is 21.3 Å². The van der Waals surface area contributed by atoms with Gasteiger partial charge in [0.15, 0.2) is 23.9 Å². The Morgan fingerprint density at radius 1 is 1.09 bits per heavy atom. The topological polar surface area (TPSA) is 83.7 Å². The molecule has 2 rings (SSSR count). The fraction of sp³-hybridized carbons (Fsp3) is 0.250. The van der Waals surface area contributed by atoms with Crippen molar-refractivity contribution < 1.29 is 23.7 Å². The lowest BCUT2D eigenvalue weighted by atomic mass is 10.1. The molecule has 1 heterocycles. The van der Waals surface area contributed by atoms with Crippen LogP contribution in [0, 0.1) is 5.21 Å². The smallest absolute Gasteiger partial charge is 0.252 e. The Balaban J connectivity index is 2.13. The van der Waals surface area contributed by atoms with E-state index in [0.717, 1.165) is 5.56 Å². The van der Waals surface area contributed by atoms with E-state index in [1.807, 2.05) is 0 Å². The van der Waals surface area contributed by atoms with Crippen LogP contribution in [0.25, 0.3) is 0 Å². The van der Waals surface area contributed by atoms with Gasteiger partial charge < -0.3 is 24.7 Å². The zero-order valence-corrected chi connectivity index (χ0v) is 13.2. The number of nitrogens with zero attached hydrogens (tertiary/aromatic N) is 1. The van der Waals surface area contributed by atoms with Crippen molar-refractivity contribution in [1.82, 2.24) is 5.32 Å². The van der Waals surface area contributed by atoms with E-state index in [2.05, 4.69) is 5.32 Å². The molecule has 0 unspecified atom stereocenters. The zero-order chi connectivity index (χ0) is 16.8. The van der Waals surface area contributed by atoms with Crippen LogP contribution < -0.4 is 24.3 Å². The maximum atomic E-state index is 12.1. The van der Waals surface area contributed by atoms with Crippen LogP contribution in [0.1, 0.15) is 15.9 Å². The fourth-order valence-electron chi connectivity index (χ4n) is 2.09. The number of pyridine rings is 1. The molecule has 23 heavy (non-hydrogen) atoms. The Labute approximate surface area is 134 Å².